The maximum atomic E-state index is 5.49. The second-order valence-corrected chi connectivity index (χ2v) is 4.40. The SMILES string of the molecule is CN(C)CCOCCNCCc1ccccc1. The fraction of sp³-hybridized carbons (Fsp3) is 0.571. The van der Waals surface area contributed by atoms with Crippen molar-refractivity contribution in [3.05, 3.63) is 35.9 Å². The molecule has 0 heterocycles. The van der Waals surface area contributed by atoms with Gasteiger partial charge in [0.05, 0.1) is 13.2 Å². The molecule has 1 aromatic rings. The van der Waals surface area contributed by atoms with Crippen LogP contribution < -0.4 is 5.32 Å². The van der Waals surface area contributed by atoms with Crippen molar-refractivity contribution in [2.24, 2.45) is 0 Å². The van der Waals surface area contributed by atoms with Gasteiger partial charge in [-0.15, -0.1) is 0 Å². The second kappa shape index (κ2) is 9.16. The molecule has 1 N–H and O–H groups in total. The molecule has 0 radical (unpaired) electrons. The lowest BCUT2D eigenvalue weighted by atomic mass is 10.1. The quantitative estimate of drug-likeness (QED) is 0.656. The highest BCUT2D eigenvalue weighted by atomic mass is 16.5. The second-order valence-electron chi connectivity index (χ2n) is 4.40. The van der Waals surface area contributed by atoms with Gasteiger partial charge in [-0.3, -0.25) is 0 Å². The molecule has 0 aliphatic carbocycles. The van der Waals surface area contributed by atoms with Gasteiger partial charge in [0, 0.05) is 13.1 Å². The molecule has 0 atom stereocenters. The van der Waals surface area contributed by atoms with Gasteiger partial charge in [-0.1, -0.05) is 30.3 Å². The summed E-state index contributed by atoms with van der Waals surface area (Å²) in [5, 5.41) is 3.38. The summed E-state index contributed by atoms with van der Waals surface area (Å²) >= 11 is 0. The van der Waals surface area contributed by atoms with Gasteiger partial charge in [-0.2, -0.15) is 0 Å². The van der Waals surface area contributed by atoms with Crippen LogP contribution in [0, 0.1) is 0 Å². The van der Waals surface area contributed by atoms with Crippen LogP contribution in [0.2, 0.25) is 0 Å². The van der Waals surface area contributed by atoms with Crippen LogP contribution in [0.1, 0.15) is 5.56 Å². The lowest BCUT2D eigenvalue weighted by molar-refractivity contribution is 0.119. The molecule has 1 rings (SSSR count). The van der Waals surface area contributed by atoms with E-state index in [0.717, 1.165) is 39.3 Å². The molecule has 96 valence electrons. The standard InChI is InChI=1S/C14H24N2O/c1-16(2)11-13-17-12-10-15-9-8-14-6-4-3-5-7-14/h3-7,15H,8-13H2,1-2H3. The summed E-state index contributed by atoms with van der Waals surface area (Å²) < 4.78 is 5.49. The molecule has 0 aromatic heterocycles. The molecule has 3 heteroatoms. The zero-order chi connectivity index (χ0) is 12.3. The number of nitrogens with zero attached hydrogens (tertiary/aromatic N) is 1. The maximum Gasteiger partial charge on any atom is 0.0593 e. The number of nitrogens with one attached hydrogen (secondary N) is 1. The van der Waals surface area contributed by atoms with Gasteiger partial charge in [0.2, 0.25) is 0 Å². The molecule has 0 amide bonds. The zero-order valence-electron chi connectivity index (χ0n) is 11.0. The Morgan fingerprint density at radius 2 is 1.82 bits per heavy atom. The highest BCUT2D eigenvalue weighted by molar-refractivity contribution is 5.14. The van der Waals surface area contributed by atoms with Crippen molar-refractivity contribution >= 4 is 0 Å². The molecule has 1 aromatic carbocycles. The average Bonchev–Trinajstić information content (AvgIpc) is 2.33. The lowest BCUT2D eigenvalue weighted by Gasteiger charge is -2.10. The van der Waals surface area contributed by atoms with E-state index in [2.05, 4.69) is 54.6 Å². The fourth-order valence-electron chi connectivity index (χ4n) is 1.50. The van der Waals surface area contributed by atoms with E-state index in [-0.39, 0.29) is 0 Å². The molecule has 0 saturated heterocycles. The van der Waals surface area contributed by atoms with E-state index in [4.69, 9.17) is 4.74 Å². The number of rotatable bonds is 9. The highest BCUT2D eigenvalue weighted by Gasteiger charge is 1.93. The summed E-state index contributed by atoms with van der Waals surface area (Å²) in [4.78, 5) is 2.13. The normalized spacial score (nSPS) is 11.0. The summed E-state index contributed by atoms with van der Waals surface area (Å²) in [6.45, 7) is 4.54. The molecular weight excluding hydrogens is 212 g/mol. The van der Waals surface area contributed by atoms with Gasteiger partial charge in [-0.05, 0) is 32.6 Å². The van der Waals surface area contributed by atoms with Gasteiger partial charge < -0.3 is 15.0 Å². The summed E-state index contributed by atoms with van der Waals surface area (Å²) in [5.74, 6) is 0. The number of benzene rings is 1. The Bertz CT molecular complexity index is 275. The molecule has 0 aliphatic rings. The van der Waals surface area contributed by atoms with Crippen molar-refractivity contribution in [2.45, 2.75) is 6.42 Å². The largest absolute Gasteiger partial charge is 0.379 e. The van der Waals surface area contributed by atoms with Crippen LogP contribution >= 0.6 is 0 Å². The van der Waals surface area contributed by atoms with Crippen LogP contribution in [0.4, 0.5) is 0 Å². The minimum Gasteiger partial charge on any atom is -0.379 e. The average molecular weight is 236 g/mol. The Morgan fingerprint density at radius 1 is 1.06 bits per heavy atom. The molecule has 0 spiro atoms. The third kappa shape index (κ3) is 7.91. The lowest BCUT2D eigenvalue weighted by Crippen LogP contribution is -2.24. The minimum absolute atomic E-state index is 0.794. The first-order valence-electron chi connectivity index (χ1n) is 6.26. The van der Waals surface area contributed by atoms with E-state index < -0.39 is 0 Å². The van der Waals surface area contributed by atoms with E-state index >= 15 is 0 Å². The van der Waals surface area contributed by atoms with Gasteiger partial charge in [0.1, 0.15) is 0 Å². The van der Waals surface area contributed by atoms with Crippen molar-refractivity contribution in [2.75, 3.05) is 46.9 Å². The molecular formula is C14H24N2O. The van der Waals surface area contributed by atoms with Gasteiger partial charge >= 0.3 is 0 Å². The molecule has 0 fully saturated rings. The first-order valence-corrected chi connectivity index (χ1v) is 6.26. The Hall–Kier alpha value is -0.900. The summed E-state index contributed by atoms with van der Waals surface area (Å²) in [6.07, 6.45) is 1.08. The smallest absolute Gasteiger partial charge is 0.0593 e. The molecule has 17 heavy (non-hydrogen) atoms. The summed E-state index contributed by atoms with van der Waals surface area (Å²) in [5.41, 5.74) is 1.38. The maximum absolute atomic E-state index is 5.49. The molecule has 0 unspecified atom stereocenters. The Balaban J connectivity index is 1.88. The van der Waals surface area contributed by atoms with E-state index in [9.17, 15) is 0 Å². The predicted molar refractivity (Wildman–Crippen MR) is 72.4 cm³/mol. The predicted octanol–water partition coefficient (Wildman–Crippen LogP) is 1.40. The van der Waals surface area contributed by atoms with E-state index in [1.54, 1.807) is 0 Å². The molecule has 0 aliphatic heterocycles. The number of ether oxygens (including phenoxy) is 1. The number of hydrogen-bond acceptors (Lipinski definition) is 3. The van der Waals surface area contributed by atoms with Gasteiger partial charge in [-0.25, -0.2) is 0 Å². The van der Waals surface area contributed by atoms with Gasteiger partial charge in [0.25, 0.3) is 0 Å². The Kier molecular flexibility index (Phi) is 7.63. The topological polar surface area (TPSA) is 24.5 Å². The van der Waals surface area contributed by atoms with Gasteiger partial charge in [0.15, 0.2) is 0 Å². The van der Waals surface area contributed by atoms with Crippen molar-refractivity contribution in [1.82, 2.24) is 10.2 Å². The molecule has 0 saturated carbocycles. The Labute approximate surface area is 105 Å². The third-order valence-corrected chi connectivity index (χ3v) is 2.54. The van der Waals surface area contributed by atoms with E-state index in [1.165, 1.54) is 5.56 Å². The first-order chi connectivity index (χ1) is 8.29. The molecule has 0 bridgehead atoms. The third-order valence-electron chi connectivity index (χ3n) is 2.54. The Morgan fingerprint density at radius 3 is 2.53 bits per heavy atom. The zero-order valence-corrected chi connectivity index (χ0v) is 11.0. The van der Waals surface area contributed by atoms with Crippen LogP contribution in [-0.4, -0.2) is 51.8 Å². The van der Waals surface area contributed by atoms with Crippen molar-refractivity contribution in [3.8, 4) is 0 Å². The minimum atomic E-state index is 0.794. The van der Waals surface area contributed by atoms with Crippen LogP contribution in [0.3, 0.4) is 0 Å². The van der Waals surface area contributed by atoms with E-state index in [0.29, 0.717) is 0 Å². The summed E-state index contributed by atoms with van der Waals surface area (Å²) in [7, 11) is 4.11. The molecule has 3 nitrogen and oxygen atoms in total. The van der Waals surface area contributed by atoms with Crippen molar-refractivity contribution in [1.29, 1.82) is 0 Å². The first kappa shape index (κ1) is 14.2. The highest BCUT2D eigenvalue weighted by Crippen LogP contribution is 1.97. The van der Waals surface area contributed by atoms with Crippen LogP contribution in [0.5, 0.6) is 0 Å². The fourth-order valence-corrected chi connectivity index (χ4v) is 1.50. The summed E-state index contributed by atoms with van der Waals surface area (Å²) in [6, 6.07) is 10.5. The van der Waals surface area contributed by atoms with Crippen LogP contribution in [-0.2, 0) is 11.2 Å². The van der Waals surface area contributed by atoms with E-state index in [1.807, 2.05) is 0 Å². The van der Waals surface area contributed by atoms with Crippen LogP contribution in [0.25, 0.3) is 0 Å². The number of hydrogen-bond donors (Lipinski definition) is 1. The van der Waals surface area contributed by atoms with Crippen LogP contribution in [0.15, 0.2) is 30.3 Å². The monoisotopic (exact) mass is 236 g/mol. The van der Waals surface area contributed by atoms with Crippen molar-refractivity contribution in [3.63, 3.8) is 0 Å². The number of likely N-dealkylation sites (N-methyl/N-ethyl adjacent to an activating group) is 1. The van der Waals surface area contributed by atoms with Crippen molar-refractivity contribution < 1.29 is 4.74 Å².